The van der Waals surface area contributed by atoms with Crippen molar-refractivity contribution < 1.29 is 10.7 Å². The van der Waals surface area contributed by atoms with Crippen LogP contribution in [0, 0.1) is 6.92 Å². The van der Waals surface area contributed by atoms with E-state index in [1.807, 2.05) is 25.3 Å². The molecule has 0 unspecified atom stereocenters. The molecule has 0 saturated heterocycles. The molecule has 0 aliphatic rings. The molecule has 42 valence electrons. The van der Waals surface area contributed by atoms with E-state index in [1.54, 1.807) is 0 Å². The fourth-order valence-electron chi connectivity index (χ4n) is 0.556. The fraction of sp³-hybridized carbons (Fsp3) is 0.167. The smallest absolute Gasteiger partial charge is 0.269 e. The maximum Gasteiger partial charge on any atom is 0.365 e. The van der Waals surface area contributed by atoms with Gasteiger partial charge in [-0.2, -0.15) is 4.98 Å². The van der Waals surface area contributed by atoms with Crippen LogP contribution in [0.4, 0.5) is 5.82 Å². The zero-order valence-electron chi connectivity index (χ0n) is 4.94. The van der Waals surface area contributed by atoms with Crippen LogP contribution in [0.25, 0.3) is 0 Å². The molecule has 8 heavy (non-hydrogen) atoms. The lowest BCUT2D eigenvalue weighted by atomic mass is 10.3. The maximum absolute atomic E-state index is 3.76. The van der Waals surface area contributed by atoms with Crippen LogP contribution in [-0.4, -0.2) is 0 Å². The molecule has 1 aromatic heterocycles. The van der Waals surface area contributed by atoms with Gasteiger partial charge < -0.3 is 0 Å². The lowest BCUT2D eigenvalue weighted by Gasteiger charge is -1.81. The van der Waals surface area contributed by atoms with Crippen molar-refractivity contribution in [3.63, 3.8) is 0 Å². The van der Waals surface area contributed by atoms with E-state index in [9.17, 15) is 0 Å². The van der Waals surface area contributed by atoms with Gasteiger partial charge in [0.25, 0.3) is 0 Å². The molecule has 0 bridgehead atoms. The van der Waals surface area contributed by atoms with E-state index in [2.05, 4.69) is 10.7 Å². The van der Waals surface area contributed by atoms with Gasteiger partial charge in [0, 0.05) is 6.07 Å². The Kier molecular flexibility index (Phi) is 1.26. The molecule has 1 rings (SSSR count). The average Bonchev–Trinajstić information content (AvgIpc) is 1.77. The summed E-state index contributed by atoms with van der Waals surface area (Å²) >= 11 is 0. The molecule has 1 aromatic rings. The molecule has 0 fully saturated rings. The Balaban J connectivity index is 3.13. The normalized spacial score (nSPS) is 9.25. The number of aromatic amines is 1. The summed E-state index contributed by atoms with van der Waals surface area (Å²) in [5.41, 5.74) is 4.97. The van der Waals surface area contributed by atoms with Crippen molar-refractivity contribution in [2.45, 2.75) is 6.92 Å². The number of hydrogen-bond donors (Lipinski definition) is 1. The second kappa shape index (κ2) is 1.92. The Morgan fingerprint density at radius 1 is 1.62 bits per heavy atom. The largest absolute Gasteiger partial charge is 0.365 e. The molecule has 0 aromatic carbocycles. The van der Waals surface area contributed by atoms with Gasteiger partial charge >= 0.3 is 5.82 Å². The van der Waals surface area contributed by atoms with Crippen LogP contribution >= 0.6 is 0 Å². The van der Waals surface area contributed by atoms with E-state index in [-0.39, 0.29) is 0 Å². The number of quaternary nitrogens is 1. The molecule has 0 aliphatic carbocycles. The molecule has 0 aliphatic heterocycles. The summed E-state index contributed by atoms with van der Waals surface area (Å²) in [5.74, 6) is 0.993. The number of pyridine rings is 1. The van der Waals surface area contributed by atoms with Crippen LogP contribution in [0.15, 0.2) is 18.3 Å². The molecule has 0 saturated carbocycles. The van der Waals surface area contributed by atoms with Gasteiger partial charge in [0.2, 0.25) is 0 Å². The highest BCUT2D eigenvalue weighted by Crippen LogP contribution is 1.95. The van der Waals surface area contributed by atoms with E-state index in [4.69, 9.17) is 0 Å². The molecular weight excluding hydrogens is 100 g/mol. The predicted molar refractivity (Wildman–Crippen MR) is 30.3 cm³/mol. The number of rotatable bonds is 0. The van der Waals surface area contributed by atoms with Crippen molar-refractivity contribution in [3.8, 4) is 0 Å². The van der Waals surface area contributed by atoms with Crippen molar-refractivity contribution in [2.24, 2.45) is 0 Å². The van der Waals surface area contributed by atoms with Gasteiger partial charge in [-0.25, -0.2) is 0 Å². The minimum absolute atomic E-state index is 0.993. The van der Waals surface area contributed by atoms with Crippen molar-refractivity contribution in [2.75, 3.05) is 0 Å². The van der Waals surface area contributed by atoms with E-state index in [1.165, 1.54) is 5.56 Å². The van der Waals surface area contributed by atoms with Gasteiger partial charge in [-0.15, -0.1) is 0 Å². The summed E-state index contributed by atoms with van der Waals surface area (Å²) in [4.78, 5) is 2.99. The molecule has 1 heterocycles. The van der Waals surface area contributed by atoms with Gasteiger partial charge in [0.1, 0.15) is 0 Å². The van der Waals surface area contributed by atoms with E-state index in [0.717, 1.165) is 5.82 Å². The van der Waals surface area contributed by atoms with Gasteiger partial charge in [0.05, 0.1) is 5.56 Å². The summed E-state index contributed by atoms with van der Waals surface area (Å²) in [5, 5.41) is 0. The first kappa shape index (κ1) is 5.25. The van der Waals surface area contributed by atoms with E-state index >= 15 is 0 Å². The van der Waals surface area contributed by atoms with Crippen molar-refractivity contribution in [1.29, 1.82) is 0 Å². The van der Waals surface area contributed by atoms with E-state index < -0.39 is 0 Å². The second-order valence-corrected chi connectivity index (χ2v) is 1.83. The SMILES string of the molecule is Cc1ccc[nH+]c1[NH3+]. The van der Waals surface area contributed by atoms with Crippen LogP contribution in [0.3, 0.4) is 0 Å². The van der Waals surface area contributed by atoms with Gasteiger partial charge in [-0.1, -0.05) is 0 Å². The highest BCUT2D eigenvalue weighted by molar-refractivity contribution is 5.21. The first-order valence-electron chi connectivity index (χ1n) is 2.60. The highest BCUT2D eigenvalue weighted by atomic mass is 14.8. The number of hydrogen-bond acceptors (Lipinski definition) is 0. The number of H-pyrrole nitrogens is 1. The van der Waals surface area contributed by atoms with Gasteiger partial charge in [-0.3, -0.25) is 5.73 Å². The summed E-state index contributed by atoms with van der Waals surface area (Å²) in [6.45, 7) is 2.03. The minimum atomic E-state index is 0.993. The second-order valence-electron chi connectivity index (χ2n) is 1.83. The third-order valence-corrected chi connectivity index (χ3v) is 1.18. The number of nitrogens with one attached hydrogen (secondary N) is 1. The monoisotopic (exact) mass is 110 g/mol. The Morgan fingerprint density at radius 3 is 2.75 bits per heavy atom. The van der Waals surface area contributed by atoms with Crippen molar-refractivity contribution >= 4 is 5.82 Å². The van der Waals surface area contributed by atoms with Crippen LogP contribution in [0.1, 0.15) is 5.56 Å². The van der Waals surface area contributed by atoms with Crippen LogP contribution in [0.5, 0.6) is 0 Å². The maximum atomic E-state index is 3.76. The van der Waals surface area contributed by atoms with Gasteiger partial charge in [0.15, 0.2) is 6.20 Å². The molecule has 0 spiro atoms. The minimum Gasteiger partial charge on any atom is -0.269 e. The molecule has 0 amide bonds. The lowest BCUT2D eigenvalue weighted by Crippen LogP contribution is -2.47. The Hall–Kier alpha value is -0.890. The standard InChI is InChI=1S/C6H8N2/c1-5-3-2-4-8-6(5)7/h2-4H,1H3,(H2,7,8)/p+2. The summed E-state index contributed by atoms with van der Waals surface area (Å²) < 4.78 is 0. The molecule has 2 nitrogen and oxygen atoms in total. The third-order valence-electron chi connectivity index (χ3n) is 1.18. The molecule has 4 N–H and O–H groups in total. The van der Waals surface area contributed by atoms with Crippen LogP contribution in [0.2, 0.25) is 0 Å². The lowest BCUT2D eigenvalue weighted by molar-refractivity contribution is -0.478. The molecule has 0 radical (unpaired) electrons. The zero-order valence-corrected chi connectivity index (χ0v) is 4.94. The van der Waals surface area contributed by atoms with Crippen LogP contribution in [-0.2, 0) is 0 Å². The topological polar surface area (TPSA) is 41.8 Å². The summed E-state index contributed by atoms with van der Waals surface area (Å²) in [6.07, 6.45) is 1.87. The Bertz CT molecular complexity index is 163. The summed E-state index contributed by atoms with van der Waals surface area (Å²) in [6, 6.07) is 3.99. The zero-order chi connectivity index (χ0) is 5.98. The first-order chi connectivity index (χ1) is 3.80. The van der Waals surface area contributed by atoms with Crippen molar-refractivity contribution in [1.82, 2.24) is 0 Å². The number of aryl methyl sites for hydroxylation is 1. The van der Waals surface area contributed by atoms with Crippen molar-refractivity contribution in [3.05, 3.63) is 23.9 Å². The quantitative estimate of drug-likeness (QED) is 0.475. The van der Waals surface area contributed by atoms with Gasteiger partial charge in [-0.05, 0) is 13.0 Å². The first-order valence-corrected chi connectivity index (χ1v) is 2.60. The summed E-state index contributed by atoms with van der Waals surface area (Å²) in [7, 11) is 0. The highest BCUT2D eigenvalue weighted by Gasteiger charge is 1.98. The predicted octanol–water partition coefficient (Wildman–Crippen LogP) is -0.317. The van der Waals surface area contributed by atoms with Crippen LogP contribution < -0.4 is 10.7 Å². The Morgan fingerprint density at radius 2 is 2.38 bits per heavy atom. The van der Waals surface area contributed by atoms with E-state index in [0.29, 0.717) is 0 Å². The average molecular weight is 110 g/mol. The molecular formula is C6H10N2+2. The number of aromatic nitrogens is 1. The molecule has 0 atom stereocenters. The molecule has 2 heteroatoms. The Labute approximate surface area is 48.4 Å². The third kappa shape index (κ3) is 0.845. The fourth-order valence-corrected chi connectivity index (χ4v) is 0.556.